The fourth-order valence-electron chi connectivity index (χ4n) is 2.98. The smallest absolute Gasteiger partial charge is 0.223 e. The van der Waals surface area contributed by atoms with Gasteiger partial charge < -0.3 is 9.73 Å². The van der Waals surface area contributed by atoms with Gasteiger partial charge in [0.2, 0.25) is 5.91 Å². The summed E-state index contributed by atoms with van der Waals surface area (Å²) in [4.78, 5) is 14.6. The van der Waals surface area contributed by atoms with Crippen LogP contribution in [0.25, 0.3) is 0 Å². The topological polar surface area (TPSA) is 45.5 Å². The molecule has 0 spiro atoms. The predicted octanol–water partition coefficient (Wildman–Crippen LogP) is 3.46. The molecule has 0 bridgehead atoms. The van der Waals surface area contributed by atoms with Gasteiger partial charge in [0.15, 0.2) is 0 Å². The first-order chi connectivity index (χ1) is 11.2. The van der Waals surface area contributed by atoms with Crippen LogP contribution in [0.4, 0.5) is 0 Å². The Morgan fingerprint density at radius 1 is 1.26 bits per heavy atom. The lowest BCUT2D eigenvalue weighted by Gasteiger charge is -2.31. The summed E-state index contributed by atoms with van der Waals surface area (Å²) in [5.41, 5.74) is 1.22. The van der Waals surface area contributed by atoms with Gasteiger partial charge in [-0.3, -0.25) is 9.69 Å². The lowest BCUT2D eigenvalue weighted by Crippen LogP contribution is -2.40. The first-order valence-electron chi connectivity index (χ1n) is 7.97. The summed E-state index contributed by atoms with van der Waals surface area (Å²) >= 11 is 6.03. The predicted molar refractivity (Wildman–Crippen MR) is 90.0 cm³/mol. The van der Waals surface area contributed by atoms with Crippen molar-refractivity contribution < 1.29 is 9.21 Å². The highest BCUT2D eigenvalue weighted by Crippen LogP contribution is 2.20. The molecule has 1 aromatic heterocycles. The summed E-state index contributed by atoms with van der Waals surface area (Å²) in [6, 6.07) is 11.7. The summed E-state index contributed by atoms with van der Waals surface area (Å²) in [6.45, 7) is 3.23. The van der Waals surface area contributed by atoms with Gasteiger partial charge in [0, 0.05) is 17.5 Å². The molecule has 23 heavy (non-hydrogen) atoms. The van der Waals surface area contributed by atoms with Crippen LogP contribution < -0.4 is 5.32 Å². The molecule has 1 N–H and O–H groups in total. The number of amides is 1. The number of halogens is 1. The van der Waals surface area contributed by atoms with Crippen LogP contribution in [0.2, 0.25) is 5.02 Å². The molecule has 4 nitrogen and oxygen atoms in total. The number of nitrogens with one attached hydrogen (secondary N) is 1. The van der Waals surface area contributed by atoms with Crippen LogP contribution in [0.5, 0.6) is 0 Å². The standard InChI is InChI=1S/C18H21ClN2O2/c19-16-4-1-3-14(11-16)13-21-8-6-15(7-9-21)18(22)20-12-17-5-2-10-23-17/h1-5,10-11,15H,6-9,12-13H2,(H,20,22). The van der Waals surface area contributed by atoms with Gasteiger partial charge in [0.1, 0.15) is 5.76 Å². The minimum Gasteiger partial charge on any atom is -0.467 e. The molecule has 1 saturated heterocycles. The Bertz CT molecular complexity index is 634. The molecule has 0 radical (unpaired) electrons. The summed E-state index contributed by atoms with van der Waals surface area (Å²) in [5, 5.41) is 3.73. The van der Waals surface area contributed by atoms with Crippen molar-refractivity contribution in [3.8, 4) is 0 Å². The van der Waals surface area contributed by atoms with Crippen molar-refractivity contribution in [1.82, 2.24) is 10.2 Å². The number of hydrogen-bond donors (Lipinski definition) is 1. The van der Waals surface area contributed by atoms with Gasteiger partial charge in [0.25, 0.3) is 0 Å². The normalized spacial score (nSPS) is 16.4. The first-order valence-corrected chi connectivity index (χ1v) is 8.35. The van der Waals surface area contributed by atoms with Crippen LogP contribution in [0.1, 0.15) is 24.2 Å². The van der Waals surface area contributed by atoms with Crippen LogP contribution in [0, 0.1) is 5.92 Å². The van der Waals surface area contributed by atoms with Crippen molar-refractivity contribution in [3.63, 3.8) is 0 Å². The van der Waals surface area contributed by atoms with Crippen molar-refractivity contribution in [2.45, 2.75) is 25.9 Å². The second-order valence-corrected chi connectivity index (χ2v) is 6.41. The van der Waals surface area contributed by atoms with E-state index in [9.17, 15) is 4.79 Å². The molecule has 3 rings (SSSR count). The van der Waals surface area contributed by atoms with Crippen molar-refractivity contribution in [2.75, 3.05) is 13.1 Å². The van der Waals surface area contributed by atoms with E-state index in [1.807, 2.05) is 30.3 Å². The van der Waals surface area contributed by atoms with Gasteiger partial charge in [-0.05, 0) is 55.8 Å². The molecule has 5 heteroatoms. The Balaban J connectivity index is 1.43. The molecule has 0 aliphatic carbocycles. The maximum absolute atomic E-state index is 12.2. The summed E-state index contributed by atoms with van der Waals surface area (Å²) in [7, 11) is 0. The van der Waals surface area contributed by atoms with Crippen LogP contribution in [-0.4, -0.2) is 23.9 Å². The summed E-state index contributed by atoms with van der Waals surface area (Å²) in [6.07, 6.45) is 3.41. The largest absolute Gasteiger partial charge is 0.467 e. The van der Waals surface area contributed by atoms with Gasteiger partial charge in [-0.2, -0.15) is 0 Å². The number of piperidine rings is 1. The average molecular weight is 333 g/mol. The number of carbonyl (C=O) groups excluding carboxylic acids is 1. The first kappa shape index (κ1) is 16.1. The molecule has 0 atom stereocenters. The molecule has 0 unspecified atom stereocenters. The maximum atomic E-state index is 12.2. The van der Waals surface area contributed by atoms with Gasteiger partial charge in [-0.1, -0.05) is 23.7 Å². The molecule has 1 amide bonds. The van der Waals surface area contributed by atoms with E-state index in [1.54, 1.807) is 6.26 Å². The van der Waals surface area contributed by atoms with Crippen LogP contribution in [0.15, 0.2) is 47.1 Å². The van der Waals surface area contributed by atoms with Crippen LogP contribution >= 0.6 is 11.6 Å². The van der Waals surface area contributed by atoms with Crippen molar-refractivity contribution in [1.29, 1.82) is 0 Å². The fraction of sp³-hybridized carbons (Fsp3) is 0.389. The molecule has 1 aliphatic heterocycles. The van der Waals surface area contributed by atoms with E-state index in [0.717, 1.165) is 43.3 Å². The zero-order chi connectivity index (χ0) is 16.1. The van der Waals surface area contributed by atoms with E-state index in [0.29, 0.717) is 6.54 Å². The third kappa shape index (κ3) is 4.60. The number of benzene rings is 1. The molecule has 1 aliphatic rings. The SMILES string of the molecule is O=C(NCc1ccco1)C1CCN(Cc2cccc(Cl)c2)CC1. The van der Waals surface area contributed by atoms with Gasteiger partial charge in [-0.15, -0.1) is 0 Å². The summed E-state index contributed by atoms with van der Waals surface area (Å²) < 4.78 is 5.23. The highest BCUT2D eigenvalue weighted by molar-refractivity contribution is 6.30. The van der Waals surface area contributed by atoms with Crippen molar-refractivity contribution in [2.24, 2.45) is 5.92 Å². The second kappa shape index (κ2) is 7.66. The number of carbonyl (C=O) groups is 1. The maximum Gasteiger partial charge on any atom is 0.223 e. The van der Waals surface area contributed by atoms with E-state index in [4.69, 9.17) is 16.0 Å². The third-order valence-electron chi connectivity index (χ3n) is 4.27. The Labute approximate surface area is 141 Å². The van der Waals surface area contributed by atoms with Crippen molar-refractivity contribution >= 4 is 17.5 Å². The highest BCUT2D eigenvalue weighted by Gasteiger charge is 2.24. The monoisotopic (exact) mass is 332 g/mol. The van der Waals surface area contributed by atoms with Gasteiger partial charge in [-0.25, -0.2) is 0 Å². The Morgan fingerprint density at radius 3 is 2.78 bits per heavy atom. The number of hydrogen-bond acceptors (Lipinski definition) is 3. The van der Waals surface area contributed by atoms with E-state index in [2.05, 4.69) is 16.3 Å². The summed E-state index contributed by atoms with van der Waals surface area (Å²) in [5.74, 6) is 1.01. The molecule has 2 aromatic rings. The third-order valence-corrected chi connectivity index (χ3v) is 4.51. The number of rotatable bonds is 5. The van der Waals surface area contributed by atoms with Crippen molar-refractivity contribution in [3.05, 3.63) is 59.0 Å². The second-order valence-electron chi connectivity index (χ2n) is 5.98. The number of likely N-dealkylation sites (tertiary alicyclic amines) is 1. The zero-order valence-corrected chi connectivity index (χ0v) is 13.8. The van der Waals surface area contributed by atoms with Crippen LogP contribution in [0.3, 0.4) is 0 Å². The highest BCUT2D eigenvalue weighted by atomic mass is 35.5. The Morgan fingerprint density at radius 2 is 2.09 bits per heavy atom. The number of furan rings is 1. The zero-order valence-electron chi connectivity index (χ0n) is 13.0. The molecule has 1 aromatic carbocycles. The number of nitrogens with zero attached hydrogens (tertiary/aromatic N) is 1. The molecule has 122 valence electrons. The molecule has 0 saturated carbocycles. The Kier molecular flexibility index (Phi) is 5.36. The quantitative estimate of drug-likeness (QED) is 0.912. The van der Waals surface area contributed by atoms with E-state index < -0.39 is 0 Å². The van der Waals surface area contributed by atoms with E-state index >= 15 is 0 Å². The minimum absolute atomic E-state index is 0.0978. The molecular weight excluding hydrogens is 312 g/mol. The van der Waals surface area contributed by atoms with E-state index in [1.165, 1.54) is 5.56 Å². The minimum atomic E-state index is 0.0978. The average Bonchev–Trinajstić information content (AvgIpc) is 3.07. The van der Waals surface area contributed by atoms with Gasteiger partial charge in [0.05, 0.1) is 12.8 Å². The van der Waals surface area contributed by atoms with Gasteiger partial charge >= 0.3 is 0 Å². The lowest BCUT2D eigenvalue weighted by atomic mass is 9.95. The molecular formula is C18H21ClN2O2. The molecule has 1 fully saturated rings. The van der Waals surface area contributed by atoms with Crippen LogP contribution in [-0.2, 0) is 17.9 Å². The Hall–Kier alpha value is -1.78. The lowest BCUT2D eigenvalue weighted by molar-refractivity contribution is -0.126. The fourth-order valence-corrected chi connectivity index (χ4v) is 3.19. The molecule has 2 heterocycles. The van der Waals surface area contributed by atoms with E-state index in [-0.39, 0.29) is 11.8 Å².